The highest BCUT2D eigenvalue weighted by molar-refractivity contribution is 6.33. The minimum atomic E-state index is -0.404. The maximum absolute atomic E-state index is 11.8. The Bertz CT molecular complexity index is 684. The molecule has 1 aromatic carbocycles. The summed E-state index contributed by atoms with van der Waals surface area (Å²) < 4.78 is 0. The van der Waals surface area contributed by atoms with Gasteiger partial charge in [-0.15, -0.1) is 0 Å². The third kappa shape index (κ3) is 4.12. The lowest BCUT2D eigenvalue weighted by Crippen LogP contribution is -2.17. The number of rotatable bonds is 4. The van der Waals surface area contributed by atoms with Crippen molar-refractivity contribution in [3.8, 4) is 0 Å². The van der Waals surface area contributed by atoms with Crippen LogP contribution in [0.15, 0.2) is 52.9 Å². The van der Waals surface area contributed by atoms with Crippen LogP contribution in [0.3, 0.4) is 0 Å². The smallest absolute Gasteiger partial charge is 0.272 e. The van der Waals surface area contributed by atoms with Gasteiger partial charge in [-0.3, -0.25) is 9.78 Å². The fourth-order valence-electron chi connectivity index (χ4n) is 1.48. The van der Waals surface area contributed by atoms with Gasteiger partial charge in [-0.05, 0) is 18.2 Å². The second kappa shape index (κ2) is 7.16. The van der Waals surface area contributed by atoms with E-state index in [2.05, 4.69) is 20.7 Å². The predicted molar refractivity (Wildman–Crippen MR) is 80.1 cm³/mol. The minimum absolute atomic E-state index is 0.335. The number of pyridine rings is 1. The lowest BCUT2D eigenvalue weighted by Gasteiger charge is -2.00. The van der Waals surface area contributed by atoms with Crippen molar-refractivity contribution in [2.24, 2.45) is 10.3 Å². The van der Waals surface area contributed by atoms with E-state index in [4.69, 9.17) is 16.8 Å². The molecule has 1 aromatic heterocycles. The van der Waals surface area contributed by atoms with Crippen LogP contribution >= 0.6 is 11.6 Å². The lowest BCUT2D eigenvalue weighted by atomic mass is 10.2. The number of hydrogen-bond acceptors (Lipinski definition) is 5. The number of nitrogens with one attached hydrogen (secondary N) is 1. The quantitative estimate of drug-likeness (QED) is 0.516. The number of benzene rings is 1. The summed E-state index contributed by atoms with van der Waals surface area (Å²) in [6.45, 7) is 0. The van der Waals surface area contributed by atoms with Gasteiger partial charge >= 0.3 is 0 Å². The Morgan fingerprint density at radius 2 is 2.05 bits per heavy atom. The largest absolute Gasteiger partial charge is 0.411 e. The van der Waals surface area contributed by atoms with E-state index in [1.165, 1.54) is 12.4 Å². The summed E-state index contributed by atoms with van der Waals surface area (Å²) in [6, 6.07) is 10.2. The number of carbonyl (C=O) groups excluding carboxylic acids is 1. The molecule has 0 aliphatic carbocycles. The first-order valence-corrected chi connectivity index (χ1v) is 6.30. The van der Waals surface area contributed by atoms with Crippen molar-refractivity contribution in [3.63, 3.8) is 0 Å². The van der Waals surface area contributed by atoms with E-state index in [0.29, 0.717) is 21.8 Å². The molecule has 0 unspecified atom stereocenters. The maximum atomic E-state index is 11.8. The Hall–Kier alpha value is -2.73. The van der Waals surface area contributed by atoms with Crippen molar-refractivity contribution >= 4 is 29.9 Å². The van der Waals surface area contributed by atoms with Crippen LogP contribution in [0, 0.1) is 0 Å². The lowest BCUT2D eigenvalue weighted by molar-refractivity contribution is 0.0955. The van der Waals surface area contributed by atoms with Gasteiger partial charge in [0.25, 0.3) is 5.91 Å². The summed E-state index contributed by atoms with van der Waals surface area (Å²) in [7, 11) is 0. The van der Waals surface area contributed by atoms with Crippen molar-refractivity contribution in [3.05, 3.63) is 64.4 Å². The monoisotopic (exact) mass is 302 g/mol. The van der Waals surface area contributed by atoms with Crippen LogP contribution in [-0.2, 0) is 0 Å². The number of hydrazone groups is 1. The second-order valence-electron chi connectivity index (χ2n) is 3.94. The first-order chi connectivity index (χ1) is 10.2. The predicted octanol–water partition coefficient (Wildman–Crippen LogP) is 2.31. The summed E-state index contributed by atoms with van der Waals surface area (Å²) in [5.74, 6) is -0.404. The molecule has 0 radical (unpaired) electrons. The molecule has 7 heteroatoms. The fourth-order valence-corrected chi connectivity index (χ4v) is 1.66. The molecule has 0 fully saturated rings. The first kappa shape index (κ1) is 14.7. The van der Waals surface area contributed by atoms with Crippen molar-refractivity contribution in [2.45, 2.75) is 0 Å². The number of oxime groups is 1. The number of nitrogens with zero attached hydrogens (tertiary/aromatic N) is 3. The van der Waals surface area contributed by atoms with Gasteiger partial charge < -0.3 is 5.21 Å². The molecule has 0 saturated carbocycles. The van der Waals surface area contributed by atoms with Crippen LogP contribution in [-0.4, -0.2) is 28.5 Å². The van der Waals surface area contributed by atoms with Crippen LogP contribution in [0.2, 0.25) is 5.02 Å². The van der Waals surface area contributed by atoms with Crippen molar-refractivity contribution < 1.29 is 10.0 Å². The summed E-state index contributed by atoms with van der Waals surface area (Å²) in [4.78, 5) is 15.7. The molecule has 6 nitrogen and oxygen atoms in total. The average Bonchev–Trinajstić information content (AvgIpc) is 2.50. The summed E-state index contributed by atoms with van der Waals surface area (Å²) in [5, 5.41) is 15.6. The average molecular weight is 303 g/mol. The highest BCUT2D eigenvalue weighted by Crippen LogP contribution is 2.12. The zero-order valence-electron chi connectivity index (χ0n) is 10.8. The summed E-state index contributed by atoms with van der Waals surface area (Å²) in [5.41, 5.74) is 3.85. The van der Waals surface area contributed by atoms with Gasteiger partial charge in [0.15, 0.2) is 0 Å². The summed E-state index contributed by atoms with van der Waals surface area (Å²) >= 11 is 5.96. The fraction of sp³-hybridized carbons (Fsp3) is 0. The summed E-state index contributed by atoms with van der Waals surface area (Å²) in [6.07, 6.45) is 3.98. The number of aromatic nitrogens is 1. The Balaban J connectivity index is 2.00. The molecule has 106 valence electrons. The number of halogens is 1. The van der Waals surface area contributed by atoms with E-state index >= 15 is 0 Å². The third-order valence-corrected chi connectivity index (χ3v) is 2.86. The first-order valence-electron chi connectivity index (χ1n) is 5.92. The van der Waals surface area contributed by atoms with E-state index in [9.17, 15) is 4.79 Å². The van der Waals surface area contributed by atoms with E-state index < -0.39 is 5.91 Å². The highest BCUT2D eigenvalue weighted by Gasteiger charge is 2.04. The second-order valence-corrected chi connectivity index (χ2v) is 4.34. The van der Waals surface area contributed by atoms with E-state index in [-0.39, 0.29) is 0 Å². The molecule has 2 rings (SSSR count). The molecule has 0 spiro atoms. The SMILES string of the molecule is O=C(NN=Cc1ccccc1Cl)c1ccc(C=NO)nc1. The van der Waals surface area contributed by atoms with E-state index in [1.807, 2.05) is 6.07 Å². The molecule has 2 aromatic rings. The van der Waals surface area contributed by atoms with Crippen molar-refractivity contribution in [1.82, 2.24) is 10.4 Å². The molecule has 0 aliphatic heterocycles. The molecule has 2 N–H and O–H groups in total. The Kier molecular flexibility index (Phi) is 5.00. The zero-order chi connectivity index (χ0) is 15.1. The topological polar surface area (TPSA) is 86.9 Å². The van der Waals surface area contributed by atoms with Crippen LogP contribution in [0.4, 0.5) is 0 Å². The molecule has 21 heavy (non-hydrogen) atoms. The van der Waals surface area contributed by atoms with Gasteiger partial charge in [0.2, 0.25) is 0 Å². The Labute approximate surface area is 125 Å². The van der Waals surface area contributed by atoms with Gasteiger partial charge in [-0.25, -0.2) is 5.43 Å². The molecule has 1 heterocycles. The molecular formula is C14H11ClN4O2. The number of carbonyl (C=O) groups is 1. The van der Waals surface area contributed by atoms with Crippen LogP contribution < -0.4 is 5.43 Å². The molecule has 0 aliphatic rings. The van der Waals surface area contributed by atoms with E-state index in [1.54, 1.807) is 30.3 Å². The standard InChI is InChI=1S/C14H11ClN4O2/c15-13-4-2-1-3-10(13)8-17-19-14(20)11-5-6-12(9-18-21)16-7-11/h1-9,21H,(H,19,20). The van der Waals surface area contributed by atoms with Crippen molar-refractivity contribution in [2.75, 3.05) is 0 Å². The minimum Gasteiger partial charge on any atom is -0.411 e. The normalized spacial score (nSPS) is 11.1. The molecular weight excluding hydrogens is 292 g/mol. The maximum Gasteiger partial charge on any atom is 0.272 e. The van der Waals surface area contributed by atoms with Gasteiger partial charge in [0, 0.05) is 16.8 Å². The van der Waals surface area contributed by atoms with Gasteiger partial charge in [0.1, 0.15) is 0 Å². The van der Waals surface area contributed by atoms with Crippen molar-refractivity contribution in [1.29, 1.82) is 0 Å². The molecule has 0 bridgehead atoms. The Morgan fingerprint density at radius 1 is 1.24 bits per heavy atom. The Morgan fingerprint density at radius 3 is 2.71 bits per heavy atom. The van der Waals surface area contributed by atoms with Crippen LogP contribution in [0.5, 0.6) is 0 Å². The van der Waals surface area contributed by atoms with Gasteiger partial charge in [0.05, 0.1) is 23.7 Å². The third-order valence-electron chi connectivity index (χ3n) is 2.51. The molecule has 1 amide bonds. The zero-order valence-corrected chi connectivity index (χ0v) is 11.5. The highest BCUT2D eigenvalue weighted by atomic mass is 35.5. The number of amides is 1. The van der Waals surface area contributed by atoms with Gasteiger partial charge in [-0.1, -0.05) is 35.0 Å². The number of hydrogen-bond donors (Lipinski definition) is 2. The van der Waals surface area contributed by atoms with E-state index in [0.717, 1.165) is 6.21 Å². The van der Waals surface area contributed by atoms with Crippen LogP contribution in [0.25, 0.3) is 0 Å². The molecule has 0 saturated heterocycles. The van der Waals surface area contributed by atoms with Gasteiger partial charge in [-0.2, -0.15) is 5.10 Å². The molecule has 0 atom stereocenters. The van der Waals surface area contributed by atoms with Crippen LogP contribution in [0.1, 0.15) is 21.6 Å².